The maximum atomic E-state index is 11.1. The molecular weight excluding hydrogens is 244 g/mol. The average molecular weight is 258 g/mol. The standard InChI is InChI=1S/C9H14N4O3S/c1-2-15-9(14)10-8-7-13(11-16-8)12-3-5-17-6-4-12/h7H,2-6H2,1H3. The quantitative estimate of drug-likeness (QED) is 0.394. The number of thioether (sulfide) groups is 1. The van der Waals surface area contributed by atoms with Crippen molar-refractivity contribution in [2.75, 3.05) is 36.2 Å². The monoisotopic (exact) mass is 258 g/mol. The fraction of sp³-hybridized carbons (Fsp3) is 0.667. The molecule has 94 valence electrons. The molecule has 0 aliphatic carbocycles. The van der Waals surface area contributed by atoms with Gasteiger partial charge in [-0.3, -0.25) is 4.52 Å². The van der Waals surface area contributed by atoms with Crippen molar-refractivity contribution in [3.63, 3.8) is 0 Å². The van der Waals surface area contributed by atoms with Gasteiger partial charge in [-0.25, -0.2) is 0 Å². The summed E-state index contributed by atoms with van der Waals surface area (Å²) < 4.78 is 9.61. The summed E-state index contributed by atoms with van der Waals surface area (Å²) in [5, 5.41) is 16.9. The van der Waals surface area contributed by atoms with Crippen LogP contribution in [0.1, 0.15) is 6.92 Å². The molecule has 0 amide bonds. The predicted molar refractivity (Wildman–Crippen MR) is 60.7 cm³/mol. The molecule has 0 spiro atoms. The van der Waals surface area contributed by atoms with Crippen molar-refractivity contribution in [1.29, 1.82) is 0 Å². The summed E-state index contributed by atoms with van der Waals surface area (Å²) in [5.74, 6) is 2.27. The molecule has 1 aliphatic heterocycles. The van der Waals surface area contributed by atoms with Gasteiger partial charge in [0.1, 0.15) is 0 Å². The van der Waals surface area contributed by atoms with Crippen LogP contribution in [0.3, 0.4) is 0 Å². The van der Waals surface area contributed by atoms with E-state index in [-0.39, 0.29) is 5.88 Å². The molecule has 0 radical (unpaired) electrons. The third-order valence-electron chi connectivity index (χ3n) is 2.19. The summed E-state index contributed by atoms with van der Waals surface area (Å²) in [6.45, 7) is 3.82. The van der Waals surface area contributed by atoms with E-state index in [2.05, 4.69) is 15.0 Å². The zero-order valence-corrected chi connectivity index (χ0v) is 10.4. The van der Waals surface area contributed by atoms with Gasteiger partial charge in [0.2, 0.25) is 5.27 Å². The van der Waals surface area contributed by atoms with E-state index in [1.165, 1.54) is 0 Å². The smallest absolute Gasteiger partial charge is 0.326 e. The summed E-state index contributed by atoms with van der Waals surface area (Å²) >= 11 is 1.91. The van der Waals surface area contributed by atoms with E-state index in [4.69, 9.17) is 4.52 Å². The lowest BCUT2D eigenvalue weighted by Crippen LogP contribution is -2.61. The molecule has 1 aromatic rings. The van der Waals surface area contributed by atoms with Gasteiger partial charge < -0.3 is 9.84 Å². The first-order valence-electron chi connectivity index (χ1n) is 5.39. The Bertz CT molecular complexity index is 389. The molecule has 2 heterocycles. The minimum absolute atomic E-state index is 0.154. The minimum Gasteiger partial charge on any atom is -0.600 e. The number of rotatable bonds is 3. The van der Waals surface area contributed by atoms with Crippen LogP contribution >= 0.6 is 11.8 Å². The predicted octanol–water partition coefficient (Wildman–Crippen LogP) is -0.969. The maximum absolute atomic E-state index is 11.1. The minimum atomic E-state index is -0.662. The third-order valence-corrected chi connectivity index (χ3v) is 3.13. The van der Waals surface area contributed by atoms with E-state index in [1.807, 2.05) is 16.8 Å². The van der Waals surface area contributed by atoms with Crippen LogP contribution < -0.4 is 14.9 Å². The Balaban J connectivity index is 2.02. The molecule has 7 nitrogen and oxygen atoms in total. The fourth-order valence-corrected chi connectivity index (χ4v) is 2.30. The summed E-state index contributed by atoms with van der Waals surface area (Å²) in [7, 11) is 0. The summed E-state index contributed by atoms with van der Waals surface area (Å²) in [6.07, 6.45) is 0.914. The number of nitrogens with zero attached hydrogens (tertiary/aromatic N) is 4. The normalized spacial score (nSPS) is 17.2. The van der Waals surface area contributed by atoms with E-state index in [1.54, 1.807) is 17.9 Å². The maximum Gasteiger partial charge on any atom is 0.326 e. The summed E-state index contributed by atoms with van der Waals surface area (Å²) in [6, 6.07) is 0. The van der Waals surface area contributed by atoms with Gasteiger partial charge in [-0.05, 0) is 6.61 Å². The molecule has 0 unspecified atom stereocenters. The molecule has 1 fully saturated rings. The van der Waals surface area contributed by atoms with Gasteiger partial charge in [0, 0.05) is 11.5 Å². The van der Waals surface area contributed by atoms with Gasteiger partial charge in [-0.2, -0.15) is 21.8 Å². The van der Waals surface area contributed by atoms with Crippen molar-refractivity contribution < 1.29 is 19.2 Å². The first-order chi connectivity index (χ1) is 8.29. The largest absolute Gasteiger partial charge is 0.600 e. The van der Waals surface area contributed by atoms with Crippen LogP contribution in [0.5, 0.6) is 0 Å². The first kappa shape index (κ1) is 12.0. The summed E-state index contributed by atoms with van der Waals surface area (Å²) in [4.78, 5) is 5.20. The highest BCUT2D eigenvalue weighted by molar-refractivity contribution is 7.99. The Labute approximate surface area is 103 Å². The van der Waals surface area contributed by atoms with E-state index >= 15 is 0 Å². The number of aliphatic imine (C=N–C) groups is 1. The second-order valence-electron chi connectivity index (χ2n) is 3.34. The van der Waals surface area contributed by atoms with Crippen LogP contribution in [-0.2, 0) is 4.74 Å². The van der Waals surface area contributed by atoms with Crippen molar-refractivity contribution in [2.24, 2.45) is 4.99 Å². The SMILES string of the molecule is CCOC([O-])=Nc1c[n+](N2CCSCC2)no1. The lowest BCUT2D eigenvalue weighted by molar-refractivity contribution is -0.757. The number of hydrogen-bond acceptors (Lipinski definition) is 7. The number of ether oxygens (including phenoxy) is 1. The van der Waals surface area contributed by atoms with E-state index in [0.29, 0.717) is 6.61 Å². The van der Waals surface area contributed by atoms with Gasteiger partial charge in [0.25, 0.3) is 6.20 Å². The van der Waals surface area contributed by atoms with Crippen molar-refractivity contribution in [1.82, 2.24) is 5.27 Å². The molecule has 1 saturated heterocycles. The van der Waals surface area contributed by atoms with Crippen molar-refractivity contribution in [2.45, 2.75) is 6.92 Å². The second kappa shape index (κ2) is 5.76. The molecule has 2 rings (SSSR count). The molecule has 0 saturated carbocycles. The zero-order chi connectivity index (χ0) is 12.1. The summed E-state index contributed by atoms with van der Waals surface area (Å²) in [5.41, 5.74) is 0. The highest BCUT2D eigenvalue weighted by atomic mass is 32.2. The Kier molecular flexibility index (Phi) is 4.08. The molecule has 0 N–H and O–H groups in total. The van der Waals surface area contributed by atoms with Gasteiger partial charge in [-0.15, -0.1) is 0 Å². The van der Waals surface area contributed by atoms with Crippen LogP contribution in [-0.4, -0.2) is 42.6 Å². The third kappa shape index (κ3) is 3.26. The molecule has 0 atom stereocenters. The van der Waals surface area contributed by atoms with Gasteiger partial charge in [0.15, 0.2) is 6.08 Å². The Morgan fingerprint density at radius 1 is 1.71 bits per heavy atom. The molecule has 1 aromatic heterocycles. The lowest BCUT2D eigenvalue weighted by atomic mass is 10.6. The lowest BCUT2D eigenvalue weighted by Gasteiger charge is -2.17. The van der Waals surface area contributed by atoms with Crippen LogP contribution in [0.4, 0.5) is 5.88 Å². The van der Waals surface area contributed by atoms with Crippen LogP contribution in [0.25, 0.3) is 0 Å². The molecular formula is C9H14N4O3S. The zero-order valence-electron chi connectivity index (χ0n) is 9.53. The second-order valence-corrected chi connectivity index (χ2v) is 4.56. The number of aromatic nitrogens is 2. The van der Waals surface area contributed by atoms with Crippen molar-refractivity contribution in [3.8, 4) is 0 Å². The van der Waals surface area contributed by atoms with Crippen LogP contribution in [0.2, 0.25) is 0 Å². The Hall–Kier alpha value is -1.44. The molecule has 17 heavy (non-hydrogen) atoms. The molecule has 0 bridgehead atoms. The van der Waals surface area contributed by atoms with E-state index in [9.17, 15) is 5.11 Å². The first-order valence-corrected chi connectivity index (χ1v) is 6.55. The van der Waals surface area contributed by atoms with Gasteiger partial charge >= 0.3 is 5.88 Å². The number of hydrogen-bond donors (Lipinski definition) is 0. The van der Waals surface area contributed by atoms with Crippen molar-refractivity contribution in [3.05, 3.63) is 6.20 Å². The average Bonchev–Trinajstić information content (AvgIpc) is 2.79. The van der Waals surface area contributed by atoms with Gasteiger partial charge in [-0.1, -0.05) is 6.92 Å². The van der Waals surface area contributed by atoms with Crippen LogP contribution in [0, 0.1) is 0 Å². The van der Waals surface area contributed by atoms with Crippen LogP contribution in [0.15, 0.2) is 15.7 Å². The van der Waals surface area contributed by atoms with Gasteiger partial charge in [0.05, 0.1) is 17.9 Å². The van der Waals surface area contributed by atoms with E-state index in [0.717, 1.165) is 24.6 Å². The van der Waals surface area contributed by atoms with Crippen molar-refractivity contribution >= 4 is 23.7 Å². The molecule has 0 aromatic carbocycles. The Morgan fingerprint density at radius 2 is 2.47 bits per heavy atom. The highest BCUT2D eigenvalue weighted by Crippen LogP contribution is 2.08. The highest BCUT2D eigenvalue weighted by Gasteiger charge is 2.22. The molecule has 1 aliphatic rings. The Morgan fingerprint density at radius 3 is 3.18 bits per heavy atom. The topological polar surface area (TPSA) is 77.8 Å². The van der Waals surface area contributed by atoms with E-state index < -0.39 is 6.08 Å². The molecule has 8 heteroatoms. The fourth-order valence-electron chi connectivity index (χ4n) is 1.42.